The van der Waals surface area contributed by atoms with Crippen LogP contribution in [0, 0.1) is 17.0 Å². The van der Waals surface area contributed by atoms with Crippen molar-refractivity contribution in [3.63, 3.8) is 0 Å². The van der Waals surface area contributed by atoms with E-state index in [9.17, 15) is 14.9 Å². The van der Waals surface area contributed by atoms with Crippen molar-refractivity contribution in [1.82, 2.24) is 15.4 Å². The van der Waals surface area contributed by atoms with Gasteiger partial charge in [-0.2, -0.15) is 0 Å². The Morgan fingerprint density at radius 3 is 2.86 bits per heavy atom. The van der Waals surface area contributed by atoms with Gasteiger partial charge in [0, 0.05) is 31.8 Å². The highest BCUT2D eigenvalue weighted by molar-refractivity contribution is 5.73. The molecule has 0 aliphatic rings. The van der Waals surface area contributed by atoms with Crippen LogP contribution in [-0.2, 0) is 13.1 Å². The molecule has 1 heterocycles. The number of aromatic nitrogens is 1. The molecule has 0 saturated heterocycles. The first kappa shape index (κ1) is 15.5. The summed E-state index contributed by atoms with van der Waals surface area (Å²) in [7, 11) is 1.63. The fraction of sp³-hybridized carbons (Fsp3) is 0.286. The van der Waals surface area contributed by atoms with Crippen molar-refractivity contribution in [2.45, 2.75) is 20.0 Å². The molecule has 1 aromatic carbocycles. The molecule has 0 unspecified atom stereocenters. The SMILES string of the molecule is Cc1cc(CN(C)C(=O)NCc2cccc([N+](=O)[O-])c2)no1. The molecule has 2 aromatic rings. The van der Waals surface area contributed by atoms with Gasteiger partial charge in [-0.25, -0.2) is 4.79 Å². The number of benzene rings is 1. The number of non-ortho nitro benzene ring substituents is 1. The molecular weight excluding hydrogens is 288 g/mol. The highest BCUT2D eigenvalue weighted by Crippen LogP contribution is 2.13. The van der Waals surface area contributed by atoms with Gasteiger partial charge >= 0.3 is 6.03 Å². The summed E-state index contributed by atoms with van der Waals surface area (Å²) in [6.07, 6.45) is 0. The van der Waals surface area contributed by atoms with Crippen molar-refractivity contribution in [3.8, 4) is 0 Å². The molecule has 22 heavy (non-hydrogen) atoms. The summed E-state index contributed by atoms with van der Waals surface area (Å²) in [5.74, 6) is 0.681. The van der Waals surface area contributed by atoms with Crippen LogP contribution in [0.5, 0.6) is 0 Å². The standard InChI is InChI=1S/C14H16N4O4/c1-10-6-12(16-22-10)9-17(2)14(19)15-8-11-4-3-5-13(7-11)18(20)21/h3-7H,8-9H2,1-2H3,(H,15,19). The molecule has 0 radical (unpaired) electrons. The number of aryl methyl sites for hydroxylation is 1. The van der Waals surface area contributed by atoms with Crippen LogP contribution < -0.4 is 5.32 Å². The molecule has 8 heteroatoms. The zero-order chi connectivity index (χ0) is 16.1. The molecule has 1 N–H and O–H groups in total. The van der Waals surface area contributed by atoms with Crippen LogP contribution >= 0.6 is 0 Å². The van der Waals surface area contributed by atoms with Crippen molar-refractivity contribution in [2.75, 3.05) is 7.05 Å². The lowest BCUT2D eigenvalue weighted by Crippen LogP contribution is -2.36. The number of nitrogens with one attached hydrogen (secondary N) is 1. The number of urea groups is 1. The third kappa shape index (κ3) is 4.05. The van der Waals surface area contributed by atoms with E-state index in [1.807, 2.05) is 0 Å². The predicted octanol–water partition coefficient (Wildman–Crippen LogP) is 2.23. The number of nitro groups is 1. The number of carbonyl (C=O) groups excluding carboxylic acids is 1. The Hall–Kier alpha value is -2.90. The number of hydrogen-bond donors (Lipinski definition) is 1. The topological polar surface area (TPSA) is 102 Å². The van der Waals surface area contributed by atoms with E-state index in [1.165, 1.54) is 17.0 Å². The Morgan fingerprint density at radius 2 is 2.23 bits per heavy atom. The molecule has 2 amide bonds. The van der Waals surface area contributed by atoms with Gasteiger partial charge in [0.15, 0.2) is 0 Å². The maximum atomic E-state index is 12.0. The van der Waals surface area contributed by atoms with E-state index in [0.29, 0.717) is 23.6 Å². The van der Waals surface area contributed by atoms with Crippen LogP contribution in [0.2, 0.25) is 0 Å². The van der Waals surface area contributed by atoms with Crippen LogP contribution in [0.25, 0.3) is 0 Å². The highest BCUT2D eigenvalue weighted by Gasteiger charge is 2.12. The summed E-state index contributed by atoms with van der Waals surface area (Å²) >= 11 is 0. The first-order valence-electron chi connectivity index (χ1n) is 6.60. The maximum absolute atomic E-state index is 12.0. The number of hydrogen-bond acceptors (Lipinski definition) is 5. The quantitative estimate of drug-likeness (QED) is 0.674. The summed E-state index contributed by atoms with van der Waals surface area (Å²) in [5.41, 5.74) is 1.32. The monoisotopic (exact) mass is 304 g/mol. The van der Waals surface area contributed by atoms with Crippen molar-refractivity contribution in [3.05, 3.63) is 57.5 Å². The summed E-state index contributed by atoms with van der Waals surface area (Å²) in [5, 5.41) is 17.2. The zero-order valence-electron chi connectivity index (χ0n) is 12.3. The largest absolute Gasteiger partial charge is 0.361 e. The van der Waals surface area contributed by atoms with Crippen LogP contribution in [0.1, 0.15) is 17.0 Å². The third-order valence-corrected chi connectivity index (χ3v) is 2.99. The molecule has 8 nitrogen and oxygen atoms in total. The number of rotatable bonds is 5. The average molecular weight is 304 g/mol. The van der Waals surface area contributed by atoms with E-state index in [4.69, 9.17) is 4.52 Å². The van der Waals surface area contributed by atoms with Gasteiger partial charge in [0.05, 0.1) is 11.5 Å². The third-order valence-electron chi connectivity index (χ3n) is 2.99. The number of nitro benzene ring substituents is 1. The lowest BCUT2D eigenvalue weighted by Gasteiger charge is -2.16. The van der Waals surface area contributed by atoms with Crippen LogP contribution in [0.15, 0.2) is 34.9 Å². The second kappa shape index (κ2) is 6.70. The smallest absolute Gasteiger partial charge is 0.317 e. The molecule has 0 atom stereocenters. The molecule has 0 aliphatic carbocycles. The normalized spacial score (nSPS) is 10.3. The van der Waals surface area contributed by atoms with Crippen LogP contribution in [-0.4, -0.2) is 28.1 Å². The van der Waals surface area contributed by atoms with Gasteiger partial charge in [-0.3, -0.25) is 10.1 Å². The van der Waals surface area contributed by atoms with E-state index in [-0.39, 0.29) is 18.3 Å². The number of nitrogens with zero attached hydrogens (tertiary/aromatic N) is 3. The van der Waals surface area contributed by atoms with E-state index < -0.39 is 4.92 Å². The lowest BCUT2D eigenvalue weighted by molar-refractivity contribution is -0.384. The summed E-state index contributed by atoms with van der Waals surface area (Å²) in [6, 6.07) is 7.60. The average Bonchev–Trinajstić information content (AvgIpc) is 2.90. The Bertz CT molecular complexity index is 683. The molecule has 0 saturated carbocycles. The van der Waals surface area contributed by atoms with E-state index >= 15 is 0 Å². The summed E-state index contributed by atoms with van der Waals surface area (Å²) < 4.78 is 4.94. The van der Waals surface area contributed by atoms with Gasteiger partial charge in [-0.15, -0.1) is 0 Å². The minimum atomic E-state index is -0.468. The van der Waals surface area contributed by atoms with Crippen molar-refractivity contribution < 1.29 is 14.2 Å². The van der Waals surface area contributed by atoms with Gasteiger partial charge in [0.25, 0.3) is 5.69 Å². The number of carbonyl (C=O) groups is 1. The first-order valence-corrected chi connectivity index (χ1v) is 6.60. The Labute approximate surface area is 126 Å². The summed E-state index contributed by atoms with van der Waals surface area (Å²) in [6.45, 7) is 2.31. The lowest BCUT2D eigenvalue weighted by atomic mass is 10.2. The van der Waals surface area contributed by atoms with Gasteiger partial charge in [0.1, 0.15) is 11.5 Å². The minimum Gasteiger partial charge on any atom is -0.361 e. The summed E-state index contributed by atoms with van der Waals surface area (Å²) in [4.78, 5) is 23.7. The van der Waals surface area contributed by atoms with Crippen molar-refractivity contribution >= 4 is 11.7 Å². The Morgan fingerprint density at radius 1 is 1.45 bits per heavy atom. The maximum Gasteiger partial charge on any atom is 0.317 e. The van der Waals surface area contributed by atoms with E-state index in [1.54, 1.807) is 32.2 Å². The molecule has 1 aromatic heterocycles. The Kier molecular flexibility index (Phi) is 4.72. The molecule has 0 bridgehead atoms. The molecule has 2 rings (SSSR count). The van der Waals surface area contributed by atoms with Crippen molar-refractivity contribution in [1.29, 1.82) is 0 Å². The van der Waals surface area contributed by atoms with Crippen LogP contribution in [0.3, 0.4) is 0 Å². The van der Waals surface area contributed by atoms with Crippen LogP contribution in [0.4, 0.5) is 10.5 Å². The second-order valence-corrected chi connectivity index (χ2v) is 4.87. The molecule has 0 aliphatic heterocycles. The number of amides is 2. The van der Waals surface area contributed by atoms with Gasteiger partial charge < -0.3 is 14.7 Å². The van der Waals surface area contributed by atoms with E-state index in [0.717, 1.165) is 0 Å². The highest BCUT2D eigenvalue weighted by atomic mass is 16.6. The molecule has 0 spiro atoms. The van der Waals surface area contributed by atoms with Gasteiger partial charge in [-0.05, 0) is 12.5 Å². The second-order valence-electron chi connectivity index (χ2n) is 4.87. The van der Waals surface area contributed by atoms with Gasteiger partial charge in [0.2, 0.25) is 0 Å². The minimum absolute atomic E-state index is 0.00169. The molecular formula is C14H16N4O4. The Balaban J connectivity index is 1.89. The zero-order valence-corrected chi connectivity index (χ0v) is 12.3. The van der Waals surface area contributed by atoms with Gasteiger partial charge in [-0.1, -0.05) is 17.3 Å². The first-order chi connectivity index (χ1) is 10.5. The predicted molar refractivity (Wildman–Crippen MR) is 78.0 cm³/mol. The van der Waals surface area contributed by atoms with Crippen molar-refractivity contribution in [2.24, 2.45) is 0 Å². The molecule has 0 fully saturated rings. The fourth-order valence-corrected chi connectivity index (χ4v) is 1.90. The fourth-order valence-electron chi connectivity index (χ4n) is 1.90. The van der Waals surface area contributed by atoms with E-state index in [2.05, 4.69) is 10.5 Å². The molecule has 116 valence electrons.